The average molecular weight is 285 g/mol. The van der Waals surface area contributed by atoms with Crippen LogP contribution >= 0.6 is 0 Å². The number of nitrogens with zero attached hydrogens (tertiary/aromatic N) is 2. The molecule has 1 aliphatic carbocycles. The summed E-state index contributed by atoms with van der Waals surface area (Å²) >= 11 is 0. The quantitative estimate of drug-likeness (QED) is 0.807. The zero-order valence-corrected chi connectivity index (χ0v) is 11.8. The fraction of sp³-hybridized carbons (Fsp3) is 0.400. The van der Waals surface area contributed by atoms with Crippen LogP contribution in [0.5, 0.6) is 0 Å². The highest BCUT2D eigenvalue weighted by molar-refractivity contribution is 5.99. The molecule has 21 heavy (non-hydrogen) atoms. The maximum absolute atomic E-state index is 11.9. The van der Waals surface area contributed by atoms with Gasteiger partial charge in [-0.2, -0.15) is 5.10 Å². The molecule has 0 aliphatic heterocycles. The highest BCUT2D eigenvalue weighted by Crippen LogP contribution is 2.32. The third kappa shape index (κ3) is 3.59. The van der Waals surface area contributed by atoms with E-state index in [1.54, 1.807) is 24.5 Å². The number of amides is 2. The van der Waals surface area contributed by atoms with E-state index >= 15 is 0 Å². The lowest BCUT2D eigenvalue weighted by molar-refractivity contribution is 0.262. The van der Waals surface area contributed by atoms with Gasteiger partial charge in [0, 0.05) is 23.9 Å². The molecular weight excluding hydrogens is 266 g/mol. The van der Waals surface area contributed by atoms with Crippen molar-refractivity contribution >= 4 is 17.5 Å². The number of hydrogen-bond donors (Lipinski definition) is 3. The minimum absolute atomic E-state index is 0.315. The Morgan fingerprint density at radius 2 is 2.10 bits per heavy atom. The summed E-state index contributed by atoms with van der Waals surface area (Å²) in [5, 5.41) is 12.6. The topological polar surface area (TPSA) is 82.7 Å². The highest BCUT2D eigenvalue weighted by Gasteiger charge is 2.18. The second kappa shape index (κ2) is 6.39. The first-order valence-corrected chi connectivity index (χ1v) is 7.34. The van der Waals surface area contributed by atoms with Gasteiger partial charge in [-0.1, -0.05) is 19.3 Å². The molecule has 0 radical (unpaired) electrons. The minimum Gasteiger partial charge on any atom is -0.306 e. The Kier molecular flexibility index (Phi) is 4.14. The molecule has 2 aromatic heterocycles. The van der Waals surface area contributed by atoms with Gasteiger partial charge < -0.3 is 5.32 Å². The monoisotopic (exact) mass is 285 g/mol. The van der Waals surface area contributed by atoms with Gasteiger partial charge in [-0.15, -0.1) is 0 Å². The van der Waals surface area contributed by atoms with Crippen molar-refractivity contribution in [2.45, 2.75) is 38.0 Å². The van der Waals surface area contributed by atoms with E-state index in [1.807, 2.05) is 6.07 Å². The summed E-state index contributed by atoms with van der Waals surface area (Å²) in [5.74, 6) is 1.10. The molecule has 3 N–H and O–H groups in total. The molecule has 110 valence electrons. The van der Waals surface area contributed by atoms with E-state index in [9.17, 15) is 4.79 Å². The molecule has 3 rings (SSSR count). The predicted octanol–water partition coefficient (Wildman–Crippen LogP) is 3.50. The molecule has 2 aromatic rings. The van der Waals surface area contributed by atoms with Crippen molar-refractivity contribution in [3.8, 4) is 0 Å². The summed E-state index contributed by atoms with van der Waals surface area (Å²) in [6, 6.07) is 5.17. The van der Waals surface area contributed by atoms with Crippen LogP contribution in [0.2, 0.25) is 0 Å². The smallest absolute Gasteiger partial charge is 0.306 e. The van der Waals surface area contributed by atoms with Crippen LogP contribution in [0.1, 0.15) is 43.7 Å². The number of carbonyl (C=O) groups excluding carboxylic acids is 1. The van der Waals surface area contributed by atoms with Gasteiger partial charge >= 0.3 is 6.03 Å². The number of carbonyl (C=O) groups is 1. The molecular formula is C15H19N5O. The average Bonchev–Trinajstić information content (AvgIpc) is 2.97. The first-order chi connectivity index (χ1) is 10.3. The Balaban J connectivity index is 1.57. The standard InChI is InChI=1S/C15H19N5O/c21-15(17-12-7-4-8-16-10-12)18-14-9-13(19-20-14)11-5-2-1-3-6-11/h4,7-11H,1-3,5-6H2,(H3,17,18,19,20,21). The van der Waals surface area contributed by atoms with E-state index in [2.05, 4.69) is 25.8 Å². The van der Waals surface area contributed by atoms with Crippen LogP contribution in [0.3, 0.4) is 0 Å². The van der Waals surface area contributed by atoms with Crippen molar-refractivity contribution in [2.75, 3.05) is 10.6 Å². The van der Waals surface area contributed by atoms with E-state index in [1.165, 1.54) is 32.1 Å². The molecule has 6 heteroatoms. The number of hydrogen-bond acceptors (Lipinski definition) is 3. The summed E-state index contributed by atoms with van der Waals surface area (Å²) < 4.78 is 0. The molecule has 2 amide bonds. The van der Waals surface area contributed by atoms with Gasteiger partial charge in [-0.3, -0.25) is 15.4 Å². The lowest BCUT2D eigenvalue weighted by Gasteiger charge is -2.19. The molecule has 1 fully saturated rings. The van der Waals surface area contributed by atoms with Crippen molar-refractivity contribution in [3.05, 3.63) is 36.3 Å². The fourth-order valence-electron chi connectivity index (χ4n) is 2.74. The summed E-state index contributed by atoms with van der Waals surface area (Å²) in [5.41, 5.74) is 1.77. The minimum atomic E-state index is -0.315. The predicted molar refractivity (Wildman–Crippen MR) is 81.3 cm³/mol. The maximum Gasteiger partial charge on any atom is 0.324 e. The van der Waals surface area contributed by atoms with Gasteiger partial charge in [0.2, 0.25) is 0 Å². The highest BCUT2D eigenvalue weighted by atomic mass is 16.2. The SMILES string of the molecule is O=C(Nc1cccnc1)Nc1cc(C2CCCCC2)[nH]n1. The number of H-pyrrole nitrogens is 1. The van der Waals surface area contributed by atoms with Gasteiger partial charge in [-0.05, 0) is 25.0 Å². The van der Waals surface area contributed by atoms with E-state index in [-0.39, 0.29) is 6.03 Å². The number of aromatic amines is 1. The normalized spacial score (nSPS) is 15.6. The first kappa shape index (κ1) is 13.6. The fourth-order valence-corrected chi connectivity index (χ4v) is 2.74. The van der Waals surface area contributed by atoms with Gasteiger partial charge in [0.15, 0.2) is 5.82 Å². The summed E-state index contributed by atoms with van der Waals surface area (Å²) in [7, 11) is 0. The van der Waals surface area contributed by atoms with E-state index < -0.39 is 0 Å². The van der Waals surface area contributed by atoms with Gasteiger partial charge in [-0.25, -0.2) is 4.79 Å². The van der Waals surface area contributed by atoms with Crippen molar-refractivity contribution in [1.82, 2.24) is 15.2 Å². The van der Waals surface area contributed by atoms with Crippen LogP contribution in [0.15, 0.2) is 30.6 Å². The zero-order valence-electron chi connectivity index (χ0n) is 11.8. The van der Waals surface area contributed by atoms with Crippen LogP contribution in [0.4, 0.5) is 16.3 Å². The third-order valence-electron chi connectivity index (χ3n) is 3.80. The van der Waals surface area contributed by atoms with Gasteiger partial charge in [0.25, 0.3) is 0 Å². The Morgan fingerprint density at radius 3 is 2.86 bits per heavy atom. The molecule has 0 saturated heterocycles. The first-order valence-electron chi connectivity index (χ1n) is 7.34. The van der Waals surface area contributed by atoms with Gasteiger partial charge in [0.1, 0.15) is 0 Å². The zero-order chi connectivity index (χ0) is 14.5. The molecule has 6 nitrogen and oxygen atoms in total. The van der Waals surface area contributed by atoms with E-state index in [0.29, 0.717) is 17.4 Å². The van der Waals surface area contributed by atoms with E-state index in [0.717, 1.165) is 5.69 Å². The Bertz CT molecular complexity index is 589. The van der Waals surface area contributed by atoms with E-state index in [4.69, 9.17) is 0 Å². The summed E-state index contributed by atoms with van der Waals surface area (Å²) in [6.07, 6.45) is 9.52. The van der Waals surface area contributed by atoms with Gasteiger partial charge in [0.05, 0.1) is 11.9 Å². The molecule has 0 bridgehead atoms. The van der Waals surface area contributed by atoms with Crippen molar-refractivity contribution in [1.29, 1.82) is 0 Å². The molecule has 1 saturated carbocycles. The summed E-state index contributed by atoms with van der Waals surface area (Å²) in [6.45, 7) is 0. The number of nitrogens with one attached hydrogen (secondary N) is 3. The molecule has 0 spiro atoms. The van der Waals surface area contributed by atoms with Crippen LogP contribution < -0.4 is 10.6 Å². The van der Waals surface area contributed by atoms with Crippen molar-refractivity contribution in [2.24, 2.45) is 0 Å². The van der Waals surface area contributed by atoms with Crippen LogP contribution in [0, 0.1) is 0 Å². The number of anilines is 2. The maximum atomic E-state index is 11.9. The summed E-state index contributed by atoms with van der Waals surface area (Å²) in [4.78, 5) is 15.8. The van der Waals surface area contributed by atoms with Crippen molar-refractivity contribution in [3.63, 3.8) is 0 Å². The third-order valence-corrected chi connectivity index (χ3v) is 3.80. The van der Waals surface area contributed by atoms with Crippen LogP contribution in [-0.2, 0) is 0 Å². The number of aromatic nitrogens is 3. The molecule has 2 heterocycles. The molecule has 0 unspecified atom stereocenters. The Morgan fingerprint density at radius 1 is 1.24 bits per heavy atom. The number of rotatable bonds is 3. The second-order valence-electron chi connectivity index (χ2n) is 5.36. The Hall–Kier alpha value is -2.37. The lowest BCUT2D eigenvalue weighted by atomic mass is 9.87. The molecule has 0 atom stereocenters. The molecule has 0 aromatic carbocycles. The number of urea groups is 1. The number of pyridine rings is 1. The van der Waals surface area contributed by atoms with Crippen LogP contribution in [0.25, 0.3) is 0 Å². The molecule has 1 aliphatic rings. The van der Waals surface area contributed by atoms with Crippen molar-refractivity contribution < 1.29 is 4.79 Å². The lowest BCUT2D eigenvalue weighted by Crippen LogP contribution is -2.19. The largest absolute Gasteiger partial charge is 0.324 e. The second-order valence-corrected chi connectivity index (χ2v) is 5.36. The van der Waals surface area contributed by atoms with Crippen LogP contribution in [-0.4, -0.2) is 21.2 Å². The Labute approximate surface area is 123 Å².